The van der Waals surface area contributed by atoms with Gasteiger partial charge in [0, 0.05) is 13.1 Å². The van der Waals surface area contributed by atoms with E-state index >= 15 is 0 Å². The molecule has 1 aliphatic heterocycles. The zero-order valence-electron chi connectivity index (χ0n) is 6.29. The molecule has 0 aromatic heterocycles. The van der Waals surface area contributed by atoms with Gasteiger partial charge in [0.15, 0.2) is 9.84 Å². The molecular weight excluding hydrogens is 150 g/mol. The number of hydrogen-bond acceptors (Lipinski definition) is 3. The molecule has 0 aliphatic carbocycles. The first kappa shape index (κ1) is 8.01. The minimum absolute atomic E-state index is 0.118. The van der Waals surface area contributed by atoms with E-state index in [1.54, 1.807) is 13.8 Å². The second-order valence-corrected chi connectivity index (χ2v) is 5.71. The quantitative estimate of drug-likeness (QED) is 0.612. The third-order valence-corrected chi connectivity index (χ3v) is 4.44. The lowest BCUT2D eigenvalue weighted by molar-refractivity contribution is 0.490. The maximum absolute atomic E-state index is 11.3. The Bertz CT molecular complexity index is 204. The summed E-state index contributed by atoms with van der Waals surface area (Å²) < 4.78 is 22.5. The predicted octanol–water partition coefficient (Wildman–Crippen LogP) is -0.219. The summed E-state index contributed by atoms with van der Waals surface area (Å²) in [4.78, 5) is 0. The van der Waals surface area contributed by atoms with Gasteiger partial charge >= 0.3 is 0 Å². The van der Waals surface area contributed by atoms with E-state index < -0.39 is 9.84 Å². The second-order valence-electron chi connectivity index (χ2n) is 2.92. The Balaban J connectivity index is 2.68. The summed E-state index contributed by atoms with van der Waals surface area (Å²) in [5.41, 5.74) is 0. The molecule has 0 unspecified atom stereocenters. The maximum atomic E-state index is 11.3. The van der Waals surface area contributed by atoms with Crippen molar-refractivity contribution in [1.82, 2.24) is 5.32 Å². The lowest BCUT2D eigenvalue weighted by Gasteiger charge is -2.28. The third kappa shape index (κ3) is 1.18. The van der Waals surface area contributed by atoms with Crippen molar-refractivity contribution in [2.45, 2.75) is 24.3 Å². The van der Waals surface area contributed by atoms with E-state index in [1.165, 1.54) is 0 Å². The van der Waals surface area contributed by atoms with Crippen molar-refractivity contribution in [3.63, 3.8) is 0 Å². The highest BCUT2D eigenvalue weighted by Gasteiger charge is 2.32. The van der Waals surface area contributed by atoms with Crippen LogP contribution in [0.25, 0.3) is 0 Å². The average Bonchev–Trinajstić information content (AvgIpc) is 1.57. The molecule has 60 valence electrons. The van der Waals surface area contributed by atoms with E-state index in [9.17, 15) is 8.42 Å². The Hall–Kier alpha value is -0.0900. The van der Waals surface area contributed by atoms with E-state index in [0.717, 1.165) is 0 Å². The SMILES string of the molecule is CC(C)S(=O)(=O)C1CNC1. The molecule has 0 amide bonds. The summed E-state index contributed by atoms with van der Waals surface area (Å²) in [5, 5.41) is 2.60. The summed E-state index contributed by atoms with van der Waals surface area (Å²) in [6.07, 6.45) is 0. The summed E-state index contributed by atoms with van der Waals surface area (Å²) in [6.45, 7) is 4.74. The van der Waals surface area contributed by atoms with Crippen molar-refractivity contribution in [2.24, 2.45) is 0 Å². The van der Waals surface area contributed by atoms with Crippen LogP contribution in [-0.2, 0) is 9.84 Å². The zero-order valence-corrected chi connectivity index (χ0v) is 7.11. The molecule has 3 nitrogen and oxygen atoms in total. The van der Waals surface area contributed by atoms with E-state index in [2.05, 4.69) is 5.32 Å². The minimum atomic E-state index is -2.80. The Morgan fingerprint density at radius 2 is 1.90 bits per heavy atom. The molecule has 0 spiro atoms. The summed E-state index contributed by atoms with van der Waals surface area (Å²) in [5.74, 6) is 0. The van der Waals surface area contributed by atoms with Gasteiger partial charge in [0.25, 0.3) is 0 Å². The van der Waals surface area contributed by atoms with E-state index in [0.29, 0.717) is 13.1 Å². The summed E-state index contributed by atoms with van der Waals surface area (Å²) >= 11 is 0. The van der Waals surface area contributed by atoms with Crippen molar-refractivity contribution in [3.8, 4) is 0 Å². The molecule has 4 heteroatoms. The van der Waals surface area contributed by atoms with Crippen LogP contribution in [0.5, 0.6) is 0 Å². The van der Waals surface area contributed by atoms with Crippen molar-refractivity contribution in [2.75, 3.05) is 13.1 Å². The van der Waals surface area contributed by atoms with Crippen LogP contribution in [0.2, 0.25) is 0 Å². The first-order valence-corrected chi connectivity index (χ1v) is 5.09. The highest BCUT2D eigenvalue weighted by molar-refractivity contribution is 7.92. The lowest BCUT2D eigenvalue weighted by Crippen LogP contribution is -2.53. The van der Waals surface area contributed by atoms with Gasteiger partial charge in [0.05, 0.1) is 10.5 Å². The van der Waals surface area contributed by atoms with Gasteiger partial charge < -0.3 is 5.32 Å². The monoisotopic (exact) mass is 163 g/mol. The van der Waals surface area contributed by atoms with E-state index in [4.69, 9.17) is 0 Å². The van der Waals surface area contributed by atoms with Crippen LogP contribution in [0.3, 0.4) is 0 Å². The molecule has 10 heavy (non-hydrogen) atoms. The van der Waals surface area contributed by atoms with Gasteiger partial charge in [-0.3, -0.25) is 0 Å². The van der Waals surface area contributed by atoms with Gasteiger partial charge in [-0.25, -0.2) is 8.42 Å². The molecule has 0 bridgehead atoms. The van der Waals surface area contributed by atoms with Crippen LogP contribution in [-0.4, -0.2) is 32.0 Å². The van der Waals surface area contributed by atoms with Crippen molar-refractivity contribution in [3.05, 3.63) is 0 Å². The number of rotatable bonds is 2. The van der Waals surface area contributed by atoms with Gasteiger partial charge in [-0.1, -0.05) is 0 Å². The molecular formula is C6H13NO2S. The van der Waals surface area contributed by atoms with Gasteiger partial charge in [0.2, 0.25) is 0 Å². The third-order valence-electron chi connectivity index (χ3n) is 1.87. The second kappa shape index (κ2) is 2.51. The maximum Gasteiger partial charge on any atom is 0.157 e. The standard InChI is InChI=1S/C6H13NO2S/c1-5(2)10(8,9)6-3-7-4-6/h5-7H,3-4H2,1-2H3. The fourth-order valence-corrected chi connectivity index (χ4v) is 2.35. The average molecular weight is 163 g/mol. The highest BCUT2D eigenvalue weighted by atomic mass is 32.2. The molecule has 0 aromatic rings. The molecule has 0 atom stereocenters. The topological polar surface area (TPSA) is 46.2 Å². The van der Waals surface area contributed by atoms with Crippen LogP contribution in [0, 0.1) is 0 Å². The van der Waals surface area contributed by atoms with Crippen molar-refractivity contribution in [1.29, 1.82) is 0 Å². The Labute approximate surface area is 61.7 Å². The Morgan fingerprint density at radius 1 is 1.40 bits per heavy atom. The van der Waals surface area contributed by atoms with Crippen LogP contribution < -0.4 is 5.32 Å². The van der Waals surface area contributed by atoms with Gasteiger partial charge in [-0.15, -0.1) is 0 Å². The molecule has 1 saturated heterocycles. The smallest absolute Gasteiger partial charge is 0.157 e. The van der Waals surface area contributed by atoms with Gasteiger partial charge in [-0.2, -0.15) is 0 Å². The van der Waals surface area contributed by atoms with Gasteiger partial charge in [0.1, 0.15) is 0 Å². The molecule has 1 N–H and O–H groups in total. The predicted molar refractivity (Wildman–Crippen MR) is 40.7 cm³/mol. The largest absolute Gasteiger partial charge is 0.314 e. The molecule has 0 saturated carbocycles. The zero-order chi connectivity index (χ0) is 7.78. The first-order valence-electron chi connectivity index (χ1n) is 3.48. The molecule has 1 heterocycles. The first-order chi connectivity index (χ1) is 4.55. The lowest BCUT2D eigenvalue weighted by atomic mass is 10.3. The van der Waals surface area contributed by atoms with Crippen LogP contribution >= 0.6 is 0 Å². The molecule has 1 rings (SSSR count). The summed E-state index contributed by atoms with van der Waals surface area (Å²) in [6, 6.07) is 0. The summed E-state index contributed by atoms with van der Waals surface area (Å²) in [7, 11) is -2.80. The molecule has 1 aliphatic rings. The van der Waals surface area contributed by atoms with Crippen LogP contribution in [0.4, 0.5) is 0 Å². The Kier molecular flexibility index (Phi) is 2.01. The molecule has 1 fully saturated rings. The number of sulfone groups is 1. The molecule has 0 radical (unpaired) electrons. The van der Waals surface area contributed by atoms with Crippen LogP contribution in [0.15, 0.2) is 0 Å². The van der Waals surface area contributed by atoms with E-state index in [-0.39, 0.29) is 10.5 Å². The number of nitrogens with one attached hydrogen (secondary N) is 1. The van der Waals surface area contributed by atoms with Gasteiger partial charge in [-0.05, 0) is 13.8 Å². The Morgan fingerprint density at radius 3 is 2.00 bits per heavy atom. The fourth-order valence-electron chi connectivity index (χ4n) is 0.879. The minimum Gasteiger partial charge on any atom is -0.314 e. The fraction of sp³-hybridized carbons (Fsp3) is 1.00. The van der Waals surface area contributed by atoms with Crippen LogP contribution in [0.1, 0.15) is 13.8 Å². The number of hydrogen-bond donors (Lipinski definition) is 1. The van der Waals surface area contributed by atoms with E-state index in [1.807, 2.05) is 0 Å². The normalized spacial score (nSPS) is 21.1. The highest BCUT2D eigenvalue weighted by Crippen LogP contribution is 2.12. The van der Waals surface area contributed by atoms with Crippen molar-refractivity contribution >= 4 is 9.84 Å². The molecule has 0 aromatic carbocycles. The van der Waals surface area contributed by atoms with Crippen molar-refractivity contribution < 1.29 is 8.42 Å².